The zero-order valence-corrected chi connectivity index (χ0v) is 16.0. The van der Waals surface area contributed by atoms with Crippen molar-refractivity contribution in [2.45, 2.75) is 64.9 Å². The number of aliphatic hydroxyl groups is 1. The zero-order chi connectivity index (χ0) is 19.5. The van der Waals surface area contributed by atoms with Gasteiger partial charge in [0.2, 0.25) is 6.79 Å². The van der Waals surface area contributed by atoms with Gasteiger partial charge in [-0.2, -0.15) is 0 Å². The number of unbranched alkanes of at least 4 members (excludes halogenated alkanes) is 6. The molecule has 27 heavy (non-hydrogen) atoms. The average molecular weight is 375 g/mol. The van der Waals surface area contributed by atoms with Crippen LogP contribution in [-0.4, -0.2) is 28.5 Å². The van der Waals surface area contributed by atoms with E-state index in [1.54, 1.807) is 12.1 Å². The number of hydrogen-bond donors (Lipinski definition) is 1. The van der Waals surface area contributed by atoms with Crippen LogP contribution in [0.15, 0.2) is 30.5 Å². The molecule has 0 saturated heterocycles. The summed E-state index contributed by atoms with van der Waals surface area (Å²) in [6.07, 6.45) is 9.13. The Morgan fingerprint density at radius 2 is 1.70 bits per heavy atom. The summed E-state index contributed by atoms with van der Waals surface area (Å²) in [4.78, 5) is 23.9. The van der Waals surface area contributed by atoms with Crippen molar-refractivity contribution in [2.75, 3.05) is 6.79 Å². The van der Waals surface area contributed by atoms with Gasteiger partial charge in [0.1, 0.15) is 0 Å². The molecule has 1 aromatic carbocycles. The number of nitrogens with zero attached hydrogens (tertiary/aromatic N) is 1. The predicted molar refractivity (Wildman–Crippen MR) is 103 cm³/mol. The molecule has 0 aliphatic carbocycles. The van der Waals surface area contributed by atoms with Gasteiger partial charge in [-0.15, -0.1) is 0 Å². The van der Waals surface area contributed by atoms with Gasteiger partial charge in [0.05, 0.1) is 12.1 Å². The number of fused-ring (bicyclic) bond motifs is 1. The van der Waals surface area contributed by atoms with E-state index in [4.69, 9.17) is 9.47 Å². The molecule has 0 aliphatic heterocycles. The molecule has 0 saturated carbocycles. The highest BCUT2D eigenvalue weighted by atomic mass is 16.7. The van der Waals surface area contributed by atoms with Gasteiger partial charge in [-0.1, -0.05) is 63.6 Å². The Morgan fingerprint density at radius 3 is 2.44 bits per heavy atom. The van der Waals surface area contributed by atoms with E-state index in [1.807, 2.05) is 12.1 Å². The lowest BCUT2D eigenvalue weighted by molar-refractivity contribution is -0.151. The molecule has 6 nitrogen and oxygen atoms in total. The Balaban J connectivity index is 1.70. The van der Waals surface area contributed by atoms with E-state index in [9.17, 15) is 14.7 Å². The number of hydrogen-bond acceptors (Lipinski definition) is 5. The Labute approximate surface area is 160 Å². The second-order valence-electron chi connectivity index (χ2n) is 6.62. The fraction of sp³-hybridized carbons (Fsp3) is 0.524. The van der Waals surface area contributed by atoms with E-state index in [0.717, 1.165) is 24.6 Å². The monoisotopic (exact) mass is 375 g/mol. The van der Waals surface area contributed by atoms with E-state index < -0.39 is 12.9 Å². The number of aliphatic hydroxyl groups excluding tert-OH is 1. The number of ether oxygens (including phenoxy) is 2. The highest BCUT2D eigenvalue weighted by Crippen LogP contribution is 2.21. The standard InChI is InChI=1S/C21H29NO5/c1-2-3-4-5-6-7-8-13-20(24)26-16-27-21(25)22-14-17(15-23)18-11-9-10-12-19(18)22/h9-12,14,23H,2-8,13,15-16H2,1H3. The maximum atomic E-state index is 12.2. The number of benzene rings is 1. The minimum absolute atomic E-state index is 0.172. The van der Waals surface area contributed by atoms with Crippen LogP contribution < -0.4 is 0 Å². The summed E-state index contributed by atoms with van der Waals surface area (Å²) in [7, 11) is 0. The van der Waals surface area contributed by atoms with Crippen LogP contribution in [0.4, 0.5) is 4.79 Å². The van der Waals surface area contributed by atoms with Crippen molar-refractivity contribution in [1.29, 1.82) is 0 Å². The van der Waals surface area contributed by atoms with Gasteiger partial charge in [0, 0.05) is 23.6 Å². The van der Waals surface area contributed by atoms with Gasteiger partial charge in [-0.25, -0.2) is 4.79 Å². The predicted octanol–water partition coefficient (Wildman–Crippen LogP) is 4.76. The first kappa shape index (κ1) is 21.0. The molecule has 0 amide bonds. The van der Waals surface area contributed by atoms with Crippen LogP contribution in [0.25, 0.3) is 10.9 Å². The molecule has 148 valence electrons. The Bertz CT molecular complexity index is 737. The van der Waals surface area contributed by atoms with E-state index >= 15 is 0 Å². The van der Waals surface area contributed by atoms with Gasteiger partial charge in [0.25, 0.3) is 0 Å². The molecular weight excluding hydrogens is 346 g/mol. The minimum Gasteiger partial charge on any atom is -0.428 e. The Kier molecular flexibility index (Phi) is 8.84. The molecule has 0 fully saturated rings. The maximum Gasteiger partial charge on any atom is 0.421 e. The van der Waals surface area contributed by atoms with Crippen LogP contribution in [0.3, 0.4) is 0 Å². The number of rotatable bonds is 11. The van der Waals surface area contributed by atoms with Gasteiger partial charge >= 0.3 is 12.1 Å². The molecule has 2 aromatic rings. The van der Waals surface area contributed by atoms with Crippen LogP contribution >= 0.6 is 0 Å². The first-order chi connectivity index (χ1) is 13.2. The average Bonchev–Trinajstić information content (AvgIpc) is 3.06. The number of aromatic nitrogens is 1. The number of carbonyl (C=O) groups excluding carboxylic acids is 2. The molecule has 0 aliphatic rings. The first-order valence-corrected chi connectivity index (χ1v) is 9.70. The van der Waals surface area contributed by atoms with Crippen LogP contribution in [0.2, 0.25) is 0 Å². The second kappa shape index (κ2) is 11.4. The van der Waals surface area contributed by atoms with Crippen LogP contribution in [0.5, 0.6) is 0 Å². The van der Waals surface area contributed by atoms with E-state index in [2.05, 4.69) is 6.92 Å². The topological polar surface area (TPSA) is 77.8 Å². The minimum atomic E-state index is -0.644. The van der Waals surface area contributed by atoms with E-state index in [0.29, 0.717) is 17.5 Å². The summed E-state index contributed by atoms with van der Waals surface area (Å²) in [6.45, 7) is 1.61. The van der Waals surface area contributed by atoms with Crippen LogP contribution in [-0.2, 0) is 20.9 Å². The third-order valence-corrected chi connectivity index (χ3v) is 4.55. The summed E-state index contributed by atoms with van der Waals surface area (Å²) < 4.78 is 11.3. The summed E-state index contributed by atoms with van der Waals surface area (Å²) in [5.41, 5.74) is 1.28. The SMILES string of the molecule is CCCCCCCCCC(=O)OCOC(=O)n1cc(CO)c2ccccc21. The zero-order valence-electron chi connectivity index (χ0n) is 16.0. The lowest BCUT2D eigenvalue weighted by Gasteiger charge is -2.07. The molecule has 6 heteroatoms. The van der Waals surface area contributed by atoms with Crippen molar-refractivity contribution in [3.05, 3.63) is 36.0 Å². The summed E-state index contributed by atoms with van der Waals surface area (Å²) in [5.74, 6) is -0.357. The quantitative estimate of drug-likeness (QED) is 0.348. The van der Waals surface area contributed by atoms with Crippen molar-refractivity contribution < 1.29 is 24.2 Å². The van der Waals surface area contributed by atoms with Crippen LogP contribution in [0.1, 0.15) is 63.9 Å². The molecule has 1 heterocycles. The summed E-state index contributed by atoms with van der Waals surface area (Å²) in [5, 5.41) is 10.2. The van der Waals surface area contributed by atoms with Gasteiger partial charge in [-0.3, -0.25) is 9.36 Å². The van der Waals surface area contributed by atoms with Crippen molar-refractivity contribution in [1.82, 2.24) is 4.57 Å². The molecule has 1 N–H and O–H groups in total. The molecule has 2 rings (SSSR count). The molecule has 0 radical (unpaired) electrons. The van der Waals surface area contributed by atoms with Crippen LogP contribution in [0, 0.1) is 0 Å². The molecule has 0 atom stereocenters. The van der Waals surface area contributed by atoms with Crippen molar-refractivity contribution in [2.24, 2.45) is 0 Å². The smallest absolute Gasteiger partial charge is 0.421 e. The molecular formula is C21H29NO5. The molecule has 0 bridgehead atoms. The fourth-order valence-corrected chi connectivity index (χ4v) is 3.04. The highest BCUT2D eigenvalue weighted by Gasteiger charge is 2.14. The van der Waals surface area contributed by atoms with Crippen molar-refractivity contribution in [3.8, 4) is 0 Å². The van der Waals surface area contributed by atoms with Crippen molar-refractivity contribution in [3.63, 3.8) is 0 Å². The molecule has 0 unspecified atom stereocenters. The van der Waals surface area contributed by atoms with E-state index in [1.165, 1.54) is 36.4 Å². The summed E-state index contributed by atoms with van der Waals surface area (Å²) >= 11 is 0. The Morgan fingerprint density at radius 1 is 1.00 bits per heavy atom. The maximum absolute atomic E-state index is 12.2. The normalized spacial score (nSPS) is 10.9. The molecule has 1 aromatic heterocycles. The van der Waals surface area contributed by atoms with Gasteiger partial charge < -0.3 is 14.6 Å². The highest BCUT2D eigenvalue weighted by molar-refractivity contribution is 5.91. The third kappa shape index (κ3) is 6.40. The van der Waals surface area contributed by atoms with Gasteiger partial charge in [-0.05, 0) is 12.5 Å². The first-order valence-electron chi connectivity index (χ1n) is 9.70. The number of esters is 1. The fourth-order valence-electron chi connectivity index (χ4n) is 3.04. The summed E-state index contributed by atoms with van der Waals surface area (Å²) in [6, 6.07) is 7.23. The van der Waals surface area contributed by atoms with Crippen molar-refractivity contribution >= 4 is 23.0 Å². The lowest BCUT2D eigenvalue weighted by Crippen LogP contribution is -2.17. The Hall–Kier alpha value is -2.34. The largest absolute Gasteiger partial charge is 0.428 e. The lowest BCUT2D eigenvalue weighted by atomic mass is 10.1. The number of para-hydroxylation sites is 1. The van der Waals surface area contributed by atoms with E-state index in [-0.39, 0.29) is 12.6 Å². The number of carbonyl (C=O) groups is 2. The third-order valence-electron chi connectivity index (χ3n) is 4.55. The second-order valence-corrected chi connectivity index (χ2v) is 6.62. The van der Waals surface area contributed by atoms with Gasteiger partial charge in [0.15, 0.2) is 0 Å². The molecule has 0 spiro atoms.